The number of carbonyl (C=O) groups excluding carboxylic acids is 2. The first-order valence-electron chi connectivity index (χ1n) is 9.43. The van der Waals surface area contributed by atoms with E-state index in [9.17, 15) is 9.59 Å². The summed E-state index contributed by atoms with van der Waals surface area (Å²) < 4.78 is 4.68. The number of aliphatic imine (C=N–C) groups is 1. The Morgan fingerprint density at radius 3 is 2.86 bits per heavy atom. The molecule has 0 N–H and O–H groups in total. The second kappa shape index (κ2) is 9.13. The van der Waals surface area contributed by atoms with Gasteiger partial charge in [-0.15, -0.1) is 0 Å². The smallest absolute Gasteiger partial charge is 0.293 e. The van der Waals surface area contributed by atoms with Crippen molar-refractivity contribution in [2.45, 2.75) is 26.7 Å². The Morgan fingerprint density at radius 2 is 2.11 bits per heavy atom. The maximum absolute atomic E-state index is 12.7. The van der Waals surface area contributed by atoms with E-state index in [0.29, 0.717) is 18.5 Å². The Labute approximate surface area is 165 Å². The number of benzene rings is 2. The van der Waals surface area contributed by atoms with Gasteiger partial charge >= 0.3 is 0 Å². The van der Waals surface area contributed by atoms with Gasteiger partial charge in [0.25, 0.3) is 12.4 Å². The van der Waals surface area contributed by atoms with Gasteiger partial charge in [-0.1, -0.05) is 36.8 Å². The molecule has 0 saturated carbocycles. The monoisotopic (exact) mass is 376 g/mol. The van der Waals surface area contributed by atoms with E-state index in [1.54, 1.807) is 12.1 Å². The van der Waals surface area contributed by atoms with Crippen LogP contribution in [-0.2, 0) is 16.0 Å². The number of nitrogens with zero attached hydrogens (tertiary/aromatic N) is 2. The molecular weight excluding hydrogens is 352 g/mol. The van der Waals surface area contributed by atoms with Gasteiger partial charge in [0.15, 0.2) is 0 Å². The van der Waals surface area contributed by atoms with Crippen LogP contribution in [0.1, 0.15) is 40.4 Å². The van der Waals surface area contributed by atoms with Gasteiger partial charge in [-0.25, -0.2) is 0 Å². The molecule has 1 aliphatic rings. The van der Waals surface area contributed by atoms with Crippen molar-refractivity contribution < 1.29 is 14.3 Å². The molecular formula is C23H24N2O3. The molecule has 1 heterocycles. The summed E-state index contributed by atoms with van der Waals surface area (Å²) in [4.78, 5) is 29.4. The number of ether oxygens (including phenoxy) is 1. The molecule has 0 atom stereocenters. The Bertz CT molecular complexity index is 931. The summed E-state index contributed by atoms with van der Waals surface area (Å²) in [5.41, 5.74) is 4.91. The molecule has 0 radical (unpaired) electrons. The largest absolute Gasteiger partial charge is 0.464 e. The average Bonchev–Trinajstić information content (AvgIpc) is 3.02. The molecule has 1 aliphatic heterocycles. The molecule has 28 heavy (non-hydrogen) atoms. The summed E-state index contributed by atoms with van der Waals surface area (Å²) in [6.45, 7) is 5.58. The van der Waals surface area contributed by atoms with E-state index in [-0.39, 0.29) is 12.5 Å². The molecule has 5 heteroatoms. The van der Waals surface area contributed by atoms with E-state index >= 15 is 0 Å². The summed E-state index contributed by atoms with van der Waals surface area (Å²) in [6, 6.07) is 13.7. The number of hydrogen-bond acceptors (Lipinski definition) is 3. The topological polar surface area (TPSA) is 59.0 Å². The fourth-order valence-corrected chi connectivity index (χ4v) is 3.33. The second-order valence-corrected chi connectivity index (χ2v) is 6.75. The van der Waals surface area contributed by atoms with Crippen molar-refractivity contribution in [3.63, 3.8) is 0 Å². The van der Waals surface area contributed by atoms with E-state index in [1.165, 1.54) is 0 Å². The predicted octanol–water partition coefficient (Wildman–Crippen LogP) is 4.19. The molecule has 0 aromatic heterocycles. The molecule has 0 saturated heterocycles. The van der Waals surface area contributed by atoms with Crippen LogP contribution in [0.5, 0.6) is 0 Å². The minimum Gasteiger partial charge on any atom is -0.464 e. The number of amides is 1. The van der Waals surface area contributed by atoms with Crippen molar-refractivity contribution in [3.05, 3.63) is 70.8 Å². The minimum atomic E-state index is -0.209. The predicted molar refractivity (Wildman–Crippen MR) is 112 cm³/mol. The number of aryl methyl sites for hydroxylation is 1. The first-order valence-corrected chi connectivity index (χ1v) is 9.43. The molecule has 2 aromatic carbocycles. The van der Waals surface area contributed by atoms with Crippen LogP contribution in [0.3, 0.4) is 0 Å². The molecule has 0 unspecified atom stereocenters. The van der Waals surface area contributed by atoms with Gasteiger partial charge in [0, 0.05) is 24.2 Å². The van der Waals surface area contributed by atoms with Crippen molar-refractivity contribution in [2.24, 2.45) is 4.99 Å². The molecule has 0 bridgehead atoms. The molecule has 144 valence electrons. The maximum atomic E-state index is 12.7. The van der Waals surface area contributed by atoms with Gasteiger partial charge in [-0.2, -0.15) is 4.99 Å². The van der Waals surface area contributed by atoms with Gasteiger partial charge in [-0.05, 0) is 54.8 Å². The summed E-state index contributed by atoms with van der Waals surface area (Å²) in [7, 11) is 0. The number of amidine groups is 1. The molecule has 0 aliphatic carbocycles. The van der Waals surface area contributed by atoms with Crippen LogP contribution in [0, 0.1) is 6.92 Å². The van der Waals surface area contributed by atoms with Crippen molar-refractivity contribution in [3.8, 4) is 0 Å². The van der Waals surface area contributed by atoms with Crippen LogP contribution >= 0.6 is 0 Å². The van der Waals surface area contributed by atoms with E-state index in [1.807, 2.05) is 37.3 Å². The van der Waals surface area contributed by atoms with Crippen LogP contribution in [0.15, 0.2) is 53.5 Å². The van der Waals surface area contributed by atoms with Gasteiger partial charge in [0.05, 0.1) is 0 Å². The van der Waals surface area contributed by atoms with Crippen molar-refractivity contribution >= 4 is 30.0 Å². The lowest BCUT2D eigenvalue weighted by Gasteiger charge is -2.19. The molecule has 0 fully saturated rings. The fraction of sp³-hybridized carbons (Fsp3) is 0.261. The fourth-order valence-electron chi connectivity index (χ4n) is 3.33. The molecule has 0 spiro atoms. The van der Waals surface area contributed by atoms with E-state index < -0.39 is 0 Å². The van der Waals surface area contributed by atoms with Gasteiger partial charge in [0.2, 0.25) is 0 Å². The minimum absolute atomic E-state index is 0.209. The third-order valence-corrected chi connectivity index (χ3v) is 4.57. The number of anilines is 1. The van der Waals surface area contributed by atoms with E-state index in [4.69, 9.17) is 0 Å². The Kier molecular flexibility index (Phi) is 6.37. The standard InChI is InChI=1S/C23H24N2O3/c1-3-11-25-21-10-9-18(7-5-12-28-16-26)14-20(21)15-22(25)24-23(27)19-8-4-6-17(2)13-19/h4-10,13-14,16H,3,11-12,15H2,1-2H3/b7-5+,24-22?. The summed E-state index contributed by atoms with van der Waals surface area (Å²) in [5.74, 6) is 0.576. The van der Waals surface area contributed by atoms with Gasteiger partial charge in [-0.3, -0.25) is 9.59 Å². The zero-order chi connectivity index (χ0) is 19.9. The molecule has 1 amide bonds. The first kappa shape index (κ1) is 19.5. The normalized spacial score (nSPS) is 14.5. The van der Waals surface area contributed by atoms with Crippen molar-refractivity contribution in [2.75, 3.05) is 18.1 Å². The first-order chi connectivity index (χ1) is 13.6. The maximum Gasteiger partial charge on any atom is 0.293 e. The SMILES string of the molecule is CCCN1C(=NC(=O)c2cccc(C)c2)Cc2cc(/C=C/COC=O)ccc21. The second-order valence-electron chi connectivity index (χ2n) is 6.75. The number of rotatable bonds is 7. The third kappa shape index (κ3) is 4.55. The summed E-state index contributed by atoms with van der Waals surface area (Å²) in [5, 5.41) is 0. The highest BCUT2D eigenvalue weighted by Gasteiger charge is 2.26. The lowest BCUT2D eigenvalue weighted by atomic mass is 10.1. The Hall–Kier alpha value is -3.21. The number of fused-ring (bicyclic) bond motifs is 1. The quantitative estimate of drug-likeness (QED) is 0.537. The lowest BCUT2D eigenvalue weighted by molar-refractivity contribution is -0.127. The number of hydrogen-bond donors (Lipinski definition) is 0. The molecule has 3 rings (SSSR count). The van der Waals surface area contributed by atoms with Crippen LogP contribution in [-0.4, -0.2) is 31.4 Å². The van der Waals surface area contributed by atoms with Gasteiger partial charge in [0.1, 0.15) is 12.4 Å². The third-order valence-electron chi connectivity index (χ3n) is 4.57. The van der Waals surface area contributed by atoms with E-state index in [0.717, 1.165) is 41.2 Å². The van der Waals surface area contributed by atoms with E-state index in [2.05, 4.69) is 33.7 Å². The summed E-state index contributed by atoms with van der Waals surface area (Å²) in [6.07, 6.45) is 5.30. The molecule has 2 aromatic rings. The average molecular weight is 376 g/mol. The van der Waals surface area contributed by atoms with Crippen molar-refractivity contribution in [1.82, 2.24) is 0 Å². The van der Waals surface area contributed by atoms with Crippen LogP contribution in [0.2, 0.25) is 0 Å². The van der Waals surface area contributed by atoms with Crippen molar-refractivity contribution in [1.29, 1.82) is 0 Å². The highest BCUT2D eigenvalue weighted by molar-refractivity contribution is 6.12. The van der Waals surface area contributed by atoms with Crippen LogP contribution in [0.4, 0.5) is 5.69 Å². The van der Waals surface area contributed by atoms with Crippen LogP contribution in [0.25, 0.3) is 6.08 Å². The highest BCUT2D eigenvalue weighted by atomic mass is 16.5. The van der Waals surface area contributed by atoms with Crippen LogP contribution < -0.4 is 4.90 Å². The molecule has 5 nitrogen and oxygen atoms in total. The Balaban J connectivity index is 1.85. The Morgan fingerprint density at radius 1 is 1.25 bits per heavy atom. The zero-order valence-corrected chi connectivity index (χ0v) is 16.2. The lowest BCUT2D eigenvalue weighted by Crippen LogP contribution is -2.28. The highest BCUT2D eigenvalue weighted by Crippen LogP contribution is 2.31. The summed E-state index contributed by atoms with van der Waals surface area (Å²) >= 11 is 0. The van der Waals surface area contributed by atoms with Gasteiger partial charge < -0.3 is 9.64 Å². The number of carbonyl (C=O) groups is 2. The zero-order valence-electron chi connectivity index (χ0n) is 16.2.